The Morgan fingerprint density at radius 1 is 1.62 bits per heavy atom. The van der Waals surface area contributed by atoms with Gasteiger partial charge in [0.1, 0.15) is 12.4 Å². The molecule has 70 valence electrons. The molecule has 13 heavy (non-hydrogen) atoms. The molecule has 1 heterocycles. The topological polar surface area (TPSA) is 42.4 Å². The van der Waals surface area contributed by atoms with E-state index < -0.39 is 0 Å². The Hall–Kier alpha value is -1.58. The molecule has 0 saturated carbocycles. The van der Waals surface area contributed by atoms with Crippen LogP contribution in [0.2, 0.25) is 0 Å². The molecule has 1 rings (SSSR count). The van der Waals surface area contributed by atoms with Gasteiger partial charge in [-0.05, 0) is 12.1 Å². The summed E-state index contributed by atoms with van der Waals surface area (Å²) in [4.78, 5) is 15.9. The average molecular weight is 180 g/mol. The highest BCUT2D eigenvalue weighted by Crippen LogP contribution is 2.05. The predicted molar refractivity (Wildman–Crippen MR) is 49.5 cm³/mol. The minimum atomic E-state index is 0.385. The molecule has 0 N–H and O–H groups in total. The maximum Gasteiger partial charge on any atom is 0.293 e. The Morgan fingerprint density at radius 3 is 3.08 bits per heavy atom. The van der Waals surface area contributed by atoms with E-state index in [0.29, 0.717) is 19.6 Å². The predicted octanol–water partition coefficient (Wildman–Crippen LogP) is 0.691. The number of anilines is 1. The molecule has 0 aliphatic carbocycles. The van der Waals surface area contributed by atoms with Gasteiger partial charge in [-0.15, -0.1) is 0 Å². The first-order valence-corrected chi connectivity index (χ1v) is 4.02. The fourth-order valence-electron chi connectivity index (χ4n) is 0.932. The molecule has 0 aliphatic rings. The summed E-state index contributed by atoms with van der Waals surface area (Å²) in [5, 5.41) is 0. The van der Waals surface area contributed by atoms with Crippen molar-refractivity contribution in [3.8, 4) is 0 Å². The molecular formula is C9H12N2O2. The van der Waals surface area contributed by atoms with Crippen LogP contribution in [0.5, 0.6) is 0 Å². The largest absolute Gasteiger partial charge is 0.466 e. The molecule has 0 unspecified atom stereocenters. The Balaban J connectivity index is 2.39. The molecule has 0 amide bonds. The van der Waals surface area contributed by atoms with Crippen molar-refractivity contribution < 1.29 is 9.53 Å². The van der Waals surface area contributed by atoms with Crippen molar-refractivity contribution in [1.82, 2.24) is 4.98 Å². The Kier molecular flexibility index (Phi) is 3.75. The van der Waals surface area contributed by atoms with Crippen molar-refractivity contribution >= 4 is 12.3 Å². The van der Waals surface area contributed by atoms with E-state index in [1.807, 2.05) is 30.1 Å². The molecule has 0 saturated heterocycles. The molecule has 0 radical (unpaired) electrons. The van der Waals surface area contributed by atoms with Crippen LogP contribution in [-0.2, 0) is 9.53 Å². The third-order valence-corrected chi connectivity index (χ3v) is 1.65. The van der Waals surface area contributed by atoms with Gasteiger partial charge in [0.2, 0.25) is 0 Å². The molecule has 0 bridgehead atoms. The van der Waals surface area contributed by atoms with Crippen LogP contribution in [0.25, 0.3) is 0 Å². The third-order valence-electron chi connectivity index (χ3n) is 1.65. The number of hydrogen-bond donors (Lipinski definition) is 0. The lowest BCUT2D eigenvalue weighted by Gasteiger charge is -2.16. The molecular weight excluding hydrogens is 168 g/mol. The highest BCUT2D eigenvalue weighted by molar-refractivity contribution is 5.38. The Morgan fingerprint density at radius 2 is 2.46 bits per heavy atom. The van der Waals surface area contributed by atoms with Crippen LogP contribution in [0.1, 0.15) is 0 Å². The summed E-state index contributed by atoms with van der Waals surface area (Å²) in [5.74, 6) is 0.872. The van der Waals surface area contributed by atoms with E-state index in [2.05, 4.69) is 9.72 Å². The summed E-state index contributed by atoms with van der Waals surface area (Å²) in [6.45, 7) is 1.48. The van der Waals surface area contributed by atoms with Crippen LogP contribution < -0.4 is 4.90 Å². The Labute approximate surface area is 77.1 Å². The van der Waals surface area contributed by atoms with E-state index in [9.17, 15) is 4.79 Å². The summed E-state index contributed by atoms with van der Waals surface area (Å²) in [5.41, 5.74) is 0. The lowest BCUT2D eigenvalue weighted by Crippen LogP contribution is -2.23. The molecule has 0 atom stereocenters. The summed E-state index contributed by atoms with van der Waals surface area (Å²) in [6, 6.07) is 5.68. The summed E-state index contributed by atoms with van der Waals surface area (Å²) >= 11 is 0. The van der Waals surface area contributed by atoms with E-state index in [4.69, 9.17) is 0 Å². The van der Waals surface area contributed by atoms with Crippen molar-refractivity contribution in [2.45, 2.75) is 0 Å². The van der Waals surface area contributed by atoms with Gasteiger partial charge in [0.25, 0.3) is 6.47 Å². The quantitative estimate of drug-likeness (QED) is 0.494. The second-order valence-corrected chi connectivity index (χ2v) is 2.58. The lowest BCUT2D eigenvalue weighted by atomic mass is 10.4. The zero-order valence-electron chi connectivity index (χ0n) is 7.51. The van der Waals surface area contributed by atoms with Crippen molar-refractivity contribution in [2.24, 2.45) is 0 Å². The maximum atomic E-state index is 9.87. The fourth-order valence-corrected chi connectivity index (χ4v) is 0.932. The molecule has 0 aromatic carbocycles. The van der Waals surface area contributed by atoms with Gasteiger partial charge in [-0.25, -0.2) is 4.98 Å². The molecule has 1 aromatic rings. The highest BCUT2D eigenvalue weighted by atomic mass is 16.5. The summed E-state index contributed by atoms with van der Waals surface area (Å²) in [6.07, 6.45) is 1.73. The highest BCUT2D eigenvalue weighted by Gasteiger charge is 1.99. The van der Waals surface area contributed by atoms with Gasteiger partial charge >= 0.3 is 0 Å². The Bertz CT molecular complexity index is 251. The summed E-state index contributed by atoms with van der Waals surface area (Å²) < 4.78 is 4.58. The van der Waals surface area contributed by atoms with Gasteiger partial charge in [-0.1, -0.05) is 6.07 Å². The van der Waals surface area contributed by atoms with Gasteiger partial charge in [0.15, 0.2) is 0 Å². The number of likely N-dealkylation sites (N-methyl/N-ethyl adjacent to an activating group) is 1. The lowest BCUT2D eigenvalue weighted by molar-refractivity contribution is -0.128. The van der Waals surface area contributed by atoms with E-state index >= 15 is 0 Å². The van der Waals surface area contributed by atoms with Gasteiger partial charge in [-0.3, -0.25) is 4.79 Å². The number of aromatic nitrogens is 1. The van der Waals surface area contributed by atoms with Gasteiger partial charge < -0.3 is 9.64 Å². The monoisotopic (exact) mass is 180 g/mol. The van der Waals surface area contributed by atoms with Crippen molar-refractivity contribution in [3.05, 3.63) is 24.4 Å². The first-order valence-electron chi connectivity index (χ1n) is 4.02. The number of nitrogens with zero attached hydrogens (tertiary/aromatic N) is 2. The standard InChI is InChI=1S/C9H12N2O2/c1-11(6-7-13-8-12)9-4-2-3-5-10-9/h2-5,8H,6-7H2,1H3. The minimum absolute atomic E-state index is 0.385. The second-order valence-electron chi connectivity index (χ2n) is 2.58. The van der Waals surface area contributed by atoms with Gasteiger partial charge in [0, 0.05) is 13.2 Å². The minimum Gasteiger partial charge on any atom is -0.466 e. The number of pyridine rings is 1. The first kappa shape index (κ1) is 9.51. The van der Waals surface area contributed by atoms with Crippen LogP contribution >= 0.6 is 0 Å². The van der Waals surface area contributed by atoms with Gasteiger partial charge in [0.05, 0.1) is 6.54 Å². The molecule has 0 spiro atoms. The number of hydrogen-bond acceptors (Lipinski definition) is 4. The van der Waals surface area contributed by atoms with Crippen molar-refractivity contribution in [2.75, 3.05) is 25.1 Å². The summed E-state index contributed by atoms with van der Waals surface area (Å²) in [7, 11) is 1.90. The average Bonchev–Trinajstić information content (AvgIpc) is 2.19. The normalized spacial score (nSPS) is 9.31. The van der Waals surface area contributed by atoms with Crippen LogP contribution in [0.3, 0.4) is 0 Å². The molecule has 4 nitrogen and oxygen atoms in total. The zero-order valence-corrected chi connectivity index (χ0v) is 7.51. The first-order chi connectivity index (χ1) is 6.34. The molecule has 1 aromatic heterocycles. The second kappa shape index (κ2) is 5.13. The van der Waals surface area contributed by atoms with E-state index in [0.717, 1.165) is 5.82 Å². The van der Waals surface area contributed by atoms with Crippen molar-refractivity contribution in [1.29, 1.82) is 0 Å². The number of carbonyl (C=O) groups excluding carboxylic acids is 1. The van der Waals surface area contributed by atoms with Crippen LogP contribution in [-0.4, -0.2) is 31.7 Å². The van der Waals surface area contributed by atoms with E-state index in [1.165, 1.54) is 0 Å². The number of rotatable bonds is 5. The fraction of sp³-hybridized carbons (Fsp3) is 0.333. The van der Waals surface area contributed by atoms with Crippen LogP contribution in [0.4, 0.5) is 5.82 Å². The zero-order chi connectivity index (χ0) is 9.52. The SMILES string of the molecule is CN(CCOC=O)c1ccccn1. The van der Waals surface area contributed by atoms with Crippen LogP contribution in [0.15, 0.2) is 24.4 Å². The van der Waals surface area contributed by atoms with Gasteiger partial charge in [-0.2, -0.15) is 0 Å². The van der Waals surface area contributed by atoms with E-state index in [1.54, 1.807) is 6.20 Å². The van der Waals surface area contributed by atoms with E-state index in [-0.39, 0.29) is 0 Å². The van der Waals surface area contributed by atoms with Crippen LogP contribution in [0, 0.1) is 0 Å². The third kappa shape index (κ3) is 3.11. The smallest absolute Gasteiger partial charge is 0.293 e. The number of ether oxygens (including phenoxy) is 1. The molecule has 4 heteroatoms. The molecule has 0 fully saturated rings. The maximum absolute atomic E-state index is 9.87. The number of carbonyl (C=O) groups is 1. The molecule has 0 aliphatic heterocycles. The van der Waals surface area contributed by atoms with Crippen molar-refractivity contribution in [3.63, 3.8) is 0 Å².